The molecule has 0 amide bonds. The molecule has 0 unspecified atom stereocenters. The fourth-order valence-electron chi connectivity index (χ4n) is 1.96. The van der Waals surface area contributed by atoms with Gasteiger partial charge in [0.15, 0.2) is 5.69 Å². The van der Waals surface area contributed by atoms with Gasteiger partial charge in [0, 0.05) is 11.8 Å². The molecule has 0 spiro atoms. The molecule has 1 aromatic carbocycles. The first-order valence-electron chi connectivity index (χ1n) is 7.23. The number of anilines is 3. The normalized spacial score (nSPS) is 12.0. The average molecular weight is 394 g/mol. The minimum atomic E-state index is -4.87. The summed E-state index contributed by atoms with van der Waals surface area (Å²) in [6, 6.07) is 3.22. The number of carbonyl (C=O) groups is 1. The van der Waals surface area contributed by atoms with Gasteiger partial charge in [0.05, 0.1) is 5.56 Å². The van der Waals surface area contributed by atoms with E-state index in [0.717, 1.165) is 18.2 Å². The SMILES string of the molecule is Cc1ccc(C(F)(F)F)cc1Nc1cc(C(F)(F)F)nc(NCC(=O)O)n1. The van der Waals surface area contributed by atoms with Crippen LogP contribution in [0.3, 0.4) is 0 Å². The van der Waals surface area contributed by atoms with Gasteiger partial charge in [-0.15, -0.1) is 0 Å². The number of aromatic nitrogens is 2. The van der Waals surface area contributed by atoms with Crippen LogP contribution >= 0.6 is 0 Å². The molecule has 0 atom stereocenters. The van der Waals surface area contributed by atoms with E-state index < -0.39 is 47.9 Å². The Labute approximate surface area is 148 Å². The number of halogens is 6. The Morgan fingerprint density at radius 1 is 1.07 bits per heavy atom. The Bertz CT molecular complexity index is 851. The quantitative estimate of drug-likeness (QED) is 0.663. The number of hydrogen-bond acceptors (Lipinski definition) is 5. The molecule has 1 heterocycles. The second-order valence-electron chi connectivity index (χ2n) is 5.36. The highest BCUT2D eigenvalue weighted by molar-refractivity contribution is 5.72. The van der Waals surface area contributed by atoms with Gasteiger partial charge in [0.1, 0.15) is 12.4 Å². The number of benzene rings is 1. The topological polar surface area (TPSA) is 87.1 Å². The van der Waals surface area contributed by atoms with Gasteiger partial charge in [-0.1, -0.05) is 6.07 Å². The number of aryl methyl sites for hydroxylation is 1. The van der Waals surface area contributed by atoms with Crippen LogP contribution in [-0.2, 0) is 17.1 Å². The van der Waals surface area contributed by atoms with Crippen LogP contribution in [0.15, 0.2) is 24.3 Å². The van der Waals surface area contributed by atoms with E-state index in [0.29, 0.717) is 11.6 Å². The highest BCUT2D eigenvalue weighted by Crippen LogP contribution is 2.34. The maximum absolute atomic E-state index is 13.0. The summed E-state index contributed by atoms with van der Waals surface area (Å²) in [5.41, 5.74) is -2.17. The lowest BCUT2D eigenvalue weighted by Gasteiger charge is -2.15. The molecule has 0 aliphatic carbocycles. The Balaban J connectivity index is 2.43. The molecule has 3 N–H and O–H groups in total. The van der Waals surface area contributed by atoms with Gasteiger partial charge in [-0.3, -0.25) is 4.79 Å². The van der Waals surface area contributed by atoms with Gasteiger partial charge < -0.3 is 15.7 Å². The molecule has 146 valence electrons. The lowest BCUT2D eigenvalue weighted by Crippen LogP contribution is -2.17. The zero-order valence-corrected chi connectivity index (χ0v) is 13.5. The summed E-state index contributed by atoms with van der Waals surface area (Å²) in [7, 11) is 0. The van der Waals surface area contributed by atoms with Crippen LogP contribution in [0, 0.1) is 6.92 Å². The minimum Gasteiger partial charge on any atom is -0.480 e. The Kier molecular flexibility index (Phi) is 5.47. The Hall–Kier alpha value is -3.05. The third kappa shape index (κ3) is 5.46. The van der Waals surface area contributed by atoms with E-state index in [9.17, 15) is 31.1 Å². The fraction of sp³-hybridized carbons (Fsp3) is 0.267. The lowest BCUT2D eigenvalue weighted by molar-refractivity contribution is -0.141. The maximum Gasteiger partial charge on any atom is 0.433 e. The van der Waals surface area contributed by atoms with Gasteiger partial charge in [0.25, 0.3) is 0 Å². The molecule has 6 nitrogen and oxygen atoms in total. The zero-order valence-electron chi connectivity index (χ0n) is 13.5. The predicted molar refractivity (Wildman–Crippen MR) is 82.6 cm³/mol. The van der Waals surface area contributed by atoms with E-state index in [2.05, 4.69) is 20.6 Å². The maximum atomic E-state index is 13.0. The van der Waals surface area contributed by atoms with Crippen molar-refractivity contribution in [1.82, 2.24) is 9.97 Å². The van der Waals surface area contributed by atoms with Crippen molar-refractivity contribution >= 4 is 23.4 Å². The summed E-state index contributed by atoms with van der Waals surface area (Å²) in [5, 5.41) is 13.1. The highest BCUT2D eigenvalue weighted by Gasteiger charge is 2.34. The van der Waals surface area contributed by atoms with Crippen molar-refractivity contribution in [2.45, 2.75) is 19.3 Å². The van der Waals surface area contributed by atoms with E-state index in [4.69, 9.17) is 5.11 Å². The molecule has 12 heteroatoms. The summed E-state index contributed by atoms with van der Waals surface area (Å²) in [5.74, 6) is -2.45. The van der Waals surface area contributed by atoms with E-state index >= 15 is 0 Å². The third-order valence-electron chi connectivity index (χ3n) is 3.24. The number of hydrogen-bond donors (Lipinski definition) is 3. The van der Waals surface area contributed by atoms with Crippen LogP contribution in [0.1, 0.15) is 16.8 Å². The van der Waals surface area contributed by atoms with Crippen molar-refractivity contribution in [2.75, 3.05) is 17.2 Å². The van der Waals surface area contributed by atoms with Crippen LogP contribution in [0.25, 0.3) is 0 Å². The fourth-order valence-corrected chi connectivity index (χ4v) is 1.96. The molecular weight excluding hydrogens is 382 g/mol. The van der Waals surface area contributed by atoms with Crippen LogP contribution in [0.2, 0.25) is 0 Å². The number of nitrogens with zero attached hydrogens (tertiary/aromatic N) is 2. The van der Waals surface area contributed by atoms with Crippen LogP contribution in [0.4, 0.5) is 43.8 Å². The number of carboxylic acids is 1. The van der Waals surface area contributed by atoms with E-state index in [1.54, 1.807) is 0 Å². The number of rotatable bonds is 5. The van der Waals surface area contributed by atoms with Gasteiger partial charge in [-0.05, 0) is 24.6 Å². The van der Waals surface area contributed by atoms with Crippen molar-refractivity contribution in [1.29, 1.82) is 0 Å². The Morgan fingerprint density at radius 2 is 1.74 bits per heavy atom. The van der Waals surface area contributed by atoms with Crippen molar-refractivity contribution in [3.05, 3.63) is 41.1 Å². The third-order valence-corrected chi connectivity index (χ3v) is 3.24. The molecule has 27 heavy (non-hydrogen) atoms. The Morgan fingerprint density at radius 3 is 2.30 bits per heavy atom. The molecule has 0 fully saturated rings. The summed E-state index contributed by atoms with van der Waals surface area (Å²) in [6.07, 6.45) is -9.51. The van der Waals surface area contributed by atoms with E-state index in [1.807, 2.05) is 0 Å². The predicted octanol–water partition coefficient (Wildman–Crippen LogP) is 4.06. The average Bonchev–Trinajstić information content (AvgIpc) is 2.53. The van der Waals surface area contributed by atoms with Crippen LogP contribution in [-0.4, -0.2) is 27.6 Å². The molecule has 0 saturated carbocycles. The highest BCUT2D eigenvalue weighted by atomic mass is 19.4. The molecule has 0 aliphatic rings. The van der Waals surface area contributed by atoms with Gasteiger partial charge >= 0.3 is 18.3 Å². The summed E-state index contributed by atoms with van der Waals surface area (Å²) in [4.78, 5) is 17.4. The summed E-state index contributed by atoms with van der Waals surface area (Å²) in [6.45, 7) is 0.710. The minimum absolute atomic E-state index is 0.110. The first-order valence-corrected chi connectivity index (χ1v) is 7.23. The second-order valence-corrected chi connectivity index (χ2v) is 5.36. The number of alkyl halides is 6. The summed E-state index contributed by atoms with van der Waals surface area (Å²) >= 11 is 0. The molecule has 0 radical (unpaired) electrons. The van der Waals surface area contributed by atoms with Crippen LogP contribution in [0.5, 0.6) is 0 Å². The molecule has 0 aliphatic heterocycles. The van der Waals surface area contributed by atoms with Crippen LogP contribution < -0.4 is 10.6 Å². The molecular formula is C15H12F6N4O2. The van der Waals surface area contributed by atoms with Crippen molar-refractivity contribution in [3.8, 4) is 0 Å². The van der Waals surface area contributed by atoms with E-state index in [-0.39, 0.29) is 5.69 Å². The standard InChI is InChI=1S/C15H12F6N4O2/c1-7-2-3-8(14(16,17)18)4-9(7)23-11-5-10(15(19,20)21)24-13(25-11)22-6-12(26)27/h2-5H,6H2,1H3,(H,26,27)(H2,22,23,24,25). The molecule has 0 bridgehead atoms. The number of carboxylic acid groups (broad SMARTS) is 1. The second kappa shape index (κ2) is 7.29. The lowest BCUT2D eigenvalue weighted by atomic mass is 10.1. The molecule has 1 aromatic heterocycles. The first kappa shape index (κ1) is 20.3. The summed E-state index contributed by atoms with van der Waals surface area (Å²) < 4.78 is 77.4. The van der Waals surface area contributed by atoms with Crippen molar-refractivity contribution in [3.63, 3.8) is 0 Å². The number of nitrogens with one attached hydrogen (secondary N) is 2. The molecule has 0 saturated heterocycles. The largest absolute Gasteiger partial charge is 0.480 e. The first-order chi connectivity index (χ1) is 12.4. The van der Waals surface area contributed by atoms with Crippen molar-refractivity contribution in [2.24, 2.45) is 0 Å². The molecule has 2 rings (SSSR count). The van der Waals surface area contributed by atoms with Gasteiger partial charge in [-0.2, -0.15) is 31.3 Å². The zero-order chi connectivity index (χ0) is 20.4. The monoisotopic (exact) mass is 394 g/mol. The van der Waals surface area contributed by atoms with E-state index in [1.165, 1.54) is 6.92 Å². The van der Waals surface area contributed by atoms with Crippen molar-refractivity contribution < 1.29 is 36.2 Å². The number of aliphatic carboxylic acids is 1. The smallest absolute Gasteiger partial charge is 0.433 e. The van der Waals surface area contributed by atoms with Gasteiger partial charge in [0.2, 0.25) is 5.95 Å². The molecule has 2 aromatic rings. The van der Waals surface area contributed by atoms with Gasteiger partial charge in [-0.25, -0.2) is 4.98 Å².